The molecule has 1 saturated carbocycles. The second-order valence-corrected chi connectivity index (χ2v) is 7.22. The third-order valence-electron chi connectivity index (χ3n) is 3.69. The molecule has 0 aromatic heterocycles. The van der Waals surface area contributed by atoms with Crippen molar-refractivity contribution in [2.24, 2.45) is 5.41 Å². The third-order valence-corrected chi connectivity index (χ3v) is 3.69. The van der Waals surface area contributed by atoms with E-state index < -0.39 is 23.2 Å². The number of amides is 1. The number of hydrogen-bond donors (Lipinski definition) is 1. The van der Waals surface area contributed by atoms with Gasteiger partial charge in [0.1, 0.15) is 11.1 Å². The molecule has 1 amide bonds. The molecule has 5 heteroatoms. The maximum atomic E-state index is 12.1. The van der Waals surface area contributed by atoms with Gasteiger partial charge in [-0.25, -0.2) is 9.59 Å². The molecule has 1 aliphatic carbocycles. The van der Waals surface area contributed by atoms with E-state index in [-0.39, 0.29) is 5.41 Å². The summed E-state index contributed by atoms with van der Waals surface area (Å²) in [6.07, 6.45) is 1.12. The van der Waals surface area contributed by atoms with Crippen LogP contribution in [-0.2, 0) is 9.53 Å². The Morgan fingerprint density at radius 3 is 2.05 bits per heavy atom. The van der Waals surface area contributed by atoms with Crippen molar-refractivity contribution in [3.8, 4) is 0 Å². The van der Waals surface area contributed by atoms with E-state index in [4.69, 9.17) is 4.74 Å². The van der Waals surface area contributed by atoms with Gasteiger partial charge in [-0.1, -0.05) is 13.8 Å². The van der Waals surface area contributed by atoms with E-state index in [0.717, 1.165) is 6.42 Å². The Labute approximate surface area is 114 Å². The predicted octanol–water partition coefficient (Wildman–Crippen LogP) is 2.89. The van der Waals surface area contributed by atoms with Crippen LogP contribution in [-0.4, -0.2) is 40.3 Å². The van der Waals surface area contributed by atoms with Crippen molar-refractivity contribution < 1.29 is 19.4 Å². The highest BCUT2D eigenvalue weighted by atomic mass is 16.6. The van der Waals surface area contributed by atoms with Crippen molar-refractivity contribution in [2.45, 2.75) is 65.0 Å². The Morgan fingerprint density at radius 2 is 1.74 bits per heavy atom. The number of nitrogens with zero attached hydrogens (tertiary/aromatic N) is 1. The average Bonchev–Trinajstić information content (AvgIpc) is 2.52. The fraction of sp³-hybridized carbons (Fsp3) is 0.857. The van der Waals surface area contributed by atoms with Gasteiger partial charge in [-0.15, -0.1) is 0 Å². The zero-order valence-corrected chi connectivity index (χ0v) is 12.7. The first-order chi connectivity index (χ1) is 8.40. The molecule has 1 aliphatic rings. The number of hydrogen-bond acceptors (Lipinski definition) is 3. The highest BCUT2D eigenvalue weighted by Crippen LogP contribution is 2.46. The molecule has 0 spiro atoms. The van der Waals surface area contributed by atoms with Gasteiger partial charge in [0.25, 0.3) is 0 Å². The Hall–Kier alpha value is -1.26. The molecule has 0 radical (unpaired) electrons. The van der Waals surface area contributed by atoms with Crippen LogP contribution < -0.4 is 0 Å². The lowest BCUT2D eigenvalue weighted by Crippen LogP contribution is -2.55. The Balaban J connectivity index is 2.96. The van der Waals surface area contributed by atoms with E-state index in [1.54, 1.807) is 20.8 Å². The highest BCUT2D eigenvalue weighted by Gasteiger charge is 2.53. The first-order valence-electron chi connectivity index (χ1n) is 6.60. The summed E-state index contributed by atoms with van der Waals surface area (Å²) in [6.45, 7) is 9.36. The molecule has 0 aromatic rings. The van der Waals surface area contributed by atoms with E-state index in [1.165, 1.54) is 11.9 Å². The SMILES string of the molecule is CN(C(=O)OC(C)(C)C)C1(C(=O)O)CCC(C)(C)C1. The molecule has 0 aromatic carbocycles. The molecule has 1 fully saturated rings. The summed E-state index contributed by atoms with van der Waals surface area (Å²) in [4.78, 5) is 25.0. The molecule has 0 heterocycles. The van der Waals surface area contributed by atoms with Gasteiger partial charge in [0.2, 0.25) is 0 Å². The molecule has 1 N–H and O–H groups in total. The number of carbonyl (C=O) groups excluding carboxylic acids is 1. The topological polar surface area (TPSA) is 66.8 Å². The standard InChI is InChI=1S/C14H25NO4/c1-12(2,3)19-11(18)15(6)14(10(16)17)8-7-13(4,5)9-14/h7-9H2,1-6H3,(H,16,17). The first kappa shape index (κ1) is 15.8. The second-order valence-electron chi connectivity index (χ2n) is 7.22. The summed E-state index contributed by atoms with van der Waals surface area (Å²) in [5.41, 5.74) is -1.85. The number of rotatable bonds is 2. The van der Waals surface area contributed by atoms with Crippen LogP contribution in [0.2, 0.25) is 0 Å². The Morgan fingerprint density at radius 1 is 1.21 bits per heavy atom. The van der Waals surface area contributed by atoms with Crippen LogP contribution in [0.3, 0.4) is 0 Å². The summed E-state index contributed by atoms with van der Waals surface area (Å²) in [5, 5.41) is 9.56. The van der Waals surface area contributed by atoms with Crippen LogP contribution in [0.4, 0.5) is 4.79 Å². The van der Waals surface area contributed by atoms with E-state index in [0.29, 0.717) is 12.8 Å². The predicted molar refractivity (Wildman–Crippen MR) is 72.0 cm³/mol. The third kappa shape index (κ3) is 3.39. The van der Waals surface area contributed by atoms with Gasteiger partial charge in [-0.05, 0) is 45.4 Å². The number of aliphatic carboxylic acids is 1. The minimum absolute atomic E-state index is 0.0747. The minimum Gasteiger partial charge on any atom is -0.479 e. The van der Waals surface area contributed by atoms with Crippen LogP contribution in [0, 0.1) is 5.41 Å². The van der Waals surface area contributed by atoms with E-state index in [1.807, 2.05) is 13.8 Å². The van der Waals surface area contributed by atoms with Crippen molar-refractivity contribution in [2.75, 3.05) is 7.05 Å². The largest absolute Gasteiger partial charge is 0.479 e. The monoisotopic (exact) mass is 271 g/mol. The second kappa shape index (κ2) is 4.69. The van der Waals surface area contributed by atoms with Crippen molar-refractivity contribution in [1.29, 1.82) is 0 Å². The van der Waals surface area contributed by atoms with Gasteiger partial charge in [0.05, 0.1) is 0 Å². The fourth-order valence-corrected chi connectivity index (χ4v) is 2.63. The van der Waals surface area contributed by atoms with Gasteiger partial charge < -0.3 is 9.84 Å². The molecule has 0 aliphatic heterocycles. The molecule has 1 rings (SSSR count). The molecule has 0 saturated heterocycles. The molecule has 110 valence electrons. The van der Waals surface area contributed by atoms with Crippen molar-refractivity contribution in [3.05, 3.63) is 0 Å². The summed E-state index contributed by atoms with van der Waals surface area (Å²) >= 11 is 0. The van der Waals surface area contributed by atoms with Crippen molar-refractivity contribution in [3.63, 3.8) is 0 Å². The zero-order valence-electron chi connectivity index (χ0n) is 12.7. The first-order valence-corrected chi connectivity index (χ1v) is 6.60. The summed E-state index contributed by atoms with van der Waals surface area (Å²) in [7, 11) is 1.52. The van der Waals surface area contributed by atoms with Gasteiger partial charge in [-0.3, -0.25) is 4.90 Å². The molecule has 19 heavy (non-hydrogen) atoms. The number of carboxylic acid groups (broad SMARTS) is 1. The van der Waals surface area contributed by atoms with Crippen LogP contribution in [0.5, 0.6) is 0 Å². The molecular weight excluding hydrogens is 246 g/mol. The fourth-order valence-electron chi connectivity index (χ4n) is 2.63. The summed E-state index contributed by atoms with van der Waals surface area (Å²) in [6, 6.07) is 0. The molecule has 5 nitrogen and oxygen atoms in total. The number of likely N-dealkylation sites (N-methyl/N-ethyl adjacent to an activating group) is 1. The summed E-state index contributed by atoms with van der Waals surface area (Å²) < 4.78 is 5.28. The molecule has 1 unspecified atom stereocenters. The Bertz CT molecular complexity index is 383. The van der Waals surface area contributed by atoms with Gasteiger partial charge in [0.15, 0.2) is 0 Å². The minimum atomic E-state index is -1.15. The lowest BCUT2D eigenvalue weighted by atomic mass is 9.87. The average molecular weight is 271 g/mol. The Kier molecular flexibility index (Phi) is 3.90. The normalized spacial score (nSPS) is 26.0. The summed E-state index contributed by atoms with van der Waals surface area (Å²) in [5.74, 6) is -0.952. The number of ether oxygens (including phenoxy) is 1. The van der Waals surface area contributed by atoms with E-state index >= 15 is 0 Å². The van der Waals surface area contributed by atoms with Gasteiger partial charge >= 0.3 is 12.1 Å². The van der Waals surface area contributed by atoms with Crippen molar-refractivity contribution in [1.82, 2.24) is 4.90 Å². The van der Waals surface area contributed by atoms with Gasteiger partial charge in [-0.2, -0.15) is 0 Å². The number of carboxylic acids is 1. The van der Waals surface area contributed by atoms with E-state index in [9.17, 15) is 14.7 Å². The lowest BCUT2D eigenvalue weighted by molar-refractivity contribution is -0.150. The van der Waals surface area contributed by atoms with E-state index in [2.05, 4.69) is 0 Å². The zero-order chi connectivity index (χ0) is 15.1. The maximum absolute atomic E-state index is 12.1. The quantitative estimate of drug-likeness (QED) is 0.838. The van der Waals surface area contributed by atoms with Crippen LogP contribution in [0.25, 0.3) is 0 Å². The van der Waals surface area contributed by atoms with Crippen molar-refractivity contribution >= 4 is 12.1 Å². The van der Waals surface area contributed by atoms with Crippen LogP contribution in [0.1, 0.15) is 53.9 Å². The molecule has 0 bridgehead atoms. The lowest BCUT2D eigenvalue weighted by Gasteiger charge is -2.36. The smallest absolute Gasteiger partial charge is 0.410 e. The molecule has 1 atom stereocenters. The molecular formula is C14H25NO4. The highest BCUT2D eigenvalue weighted by molar-refractivity contribution is 5.85. The van der Waals surface area contributed by atoms with Gasteiger partial charge in [0, 0.05) is 7.05 Å². The van der Waals surface area contributed by atoms with Crippen LogP contribution in [0.15, 0.2) is 0 Å². The maximum Gasteiger partial charge on any atom is 0.410 e. The number of carbonyl (C=O) groups is 2. The van der Waals surface area contributed by atoms with Crippen LogP contribution >= 0.6 is 0 Å².